The second-order valence-electron chi connectivity index (χ2n) is 10.6. The number of hydrogen-bond acceptors (Lipinski definition) is 6. The minimum atomic E-state index is -1.68. The molecular formula is C29H37NO5. The average molecular weight is 480 g/mol. The number of aryl methyl sites for hydroxylation is 1. The van der Waals surface area contributed by atoms with Crippen molar-refractivity contribution in [1.82, 2.24) is 5.32 Å². The first kappa shape index (κ1) is 25.6. The van der Waals surface area contributed by atoms with E-state index in [-0.39, 0.29) is 30.5 Å². The second kappa shape index (κ2) is 9.17. The molecule has 2 aliphatic carbocycles. The van der Waals surface area contributed by atoms with Crippen LogP contribution in [0.1, 0.15) is 37.8 Å². The Morgan fingerprint density at radius 3 is 2.54 bits per heavy atom. The van der Waals surface area contributed by atoms with E-state index in [0.29, 0.717) is 19.4 Å². The Morgan fingerprint density at radius 1 is 1.17 bits per heavy atom. The number of phenolic OH excluding ortho intramolecular Hbond substituents is 1. The highest BCUT2D eigenvalue weighted by Gasteiger charge is 2.79. The van der Waals surface area contributed by atoms with Gasteiger partial charge in [0.05, 0.1) is 5.41 Å². The van der Waals surface area contributed by atoms with Crippen LogP contribution in [0.25, 0.3) is 11.1 Å². The molecule has 2 aromatic carbocycles. The van der Waals surface area contributed by atoms with Crippen LogP contribution in [0, 0.1) is 22.7 Å². The van der Waals surface area contributed by atoms with Gasteiger partial charge >= 0.3 is 0 Å². The molecule has 2 aliphatic rings. The van der Waals surface area contributed by atoms with Crippen molar-refractivity contribution in [3.8, 4) is 16.9 Å². The first-order chi connectivity index (χ1) is 16.6. The fourth-order valence-electron chi connectivity index (χ4n) is 6.79. The zero-order valence-corrected chi connectivity index (χ0v) is 21.1. The minimum Gasteiger partial charge on any atom is -0.508 e. The van der Waals surface area contributed by atoms with Crippen molar-refractivity contribution in [2.45, 2.75) is 45.4 Å². The number of phenols is 1. The van der Waals surface area contributed by atoms with E-state index < -0.39 is 22.5 Å². The number of aromatic hydroxyl groups is 1. The Labute approximate surface area is 207 Å². The van der Waals surface area contributed by atoms with Gasteiger partial charge < -0.3 is 25.4 Å². The van der Waals surface area contributed by atoms with Crippen molar-refractivity contribution < 1.29 is 24.9 Å². The number of nitrogens with one attached hydrogen (secondary N) is 1. The van der Waals surface area contributed by atoms with Gasteiger partial charge in [-0.05, 0) is 66.3 Å². The minimum absolute atomic E-state index is 0.0643. The lowest BCUT2D eigenvalue weighted by Crippen LogP contribution is -2.55. The lowest BCUT2D eigenvalue weighted by Gasteiger charge is -2.46. The van der Waals surface area contributed by atoms with E-state index in [0.717, 1.165) is 27.8 Å². The summed E-state index contributed by atoms with van der Waals surface area (Å²) in [6.45, 7) is 8.66. The molecule has 0 unspecified atom stereocenters. The molecular weight excluding hydrogens is 442 g/mol. The summed E-state index contributed by atoms with van der Waals surface area (Å²) in [5, 5.41) is 34.9. The number of fused-ring (bicyclic) bond motifs is 2. The molecule has 4 atom stereocenters. The number of ether oxygens (including phenoxy) is 1. The predicted octanol–water partition coefficient (Wildman–Crippen LogP) is 3.83. The molecule has 2 bridgehead atoms. The average Bonchev–Trinajstić information content (AvgIpc) is 3.18. The molecule has 0 saturated heterocycles. The van der Waals surface area contributed by atoms with E-state index in [2.05, 4.69) is 11.9 Å². The number of benzene rings is 2. The number of hydrogen-bond donors (Lipinski definition) is 4. The van der Waals surface area contributed by atoms with Crippen molar-refractivity contribution in [1.29, 1.82) is 0 Å². The normalized spacial score (nSPS) is 29.0. The molecule has 6 nitrogen and oxygen atoms in total. The van der Waals surface area contributed by atoms with Gasteiger partial charge in [-0.15, -0.1) is 0 Å². The maximum Gasteiger partial charge on any atom is 0.185 e. The first-order valence-corrected chi connectivity index (χ1v) is 12.2. The van der Waals surface area contributed by atoms with Gasteiger partial charge in [0.15, 0.2) is 5.79 Å². The molecule has 4 N–H and O–H groups in total. The molecule has 0 amide bonds. The zero-order valence-electron chi connectivity index (χ0n) is 21.1. The number of methoxy groups -OCH3 is 1. The molecule has 0 heterocycles. The van der Waals surface area contributed by atoms with Gasteiger partial charge in [-0.3, -0.25) is 4.79 Å². The van der Waals surface area contributed by atoms with Crippen LogP contribution in [0.4, 0.5) is 0 Å². The topological polar surface area (TPSA) is 99.0 Å². The third-order valence-corrected chi connectivity index (χ3v) is 8.60. The van der Waals surface area contributed by atoms with Gasteiger partial charge in [0.25, 0.3) is 0 Å². The van der Waals surface area contributed by atoms with Crippen molar-refractivity contribution in [3.63, 3.8) is 0 Å². The Hall–Kier alpha value is -2.51. The van der Waals surface area contributed by atoms with E-state index in [4.69, 9.17) is 4.74 Å². The van der Waals surface area contributed by atoms with Crippen molar-refractivity contribution >= 4 is 5.78 Å². The molecule has 4 rings (SSSR count). The zero-order chi connectivity index (χ0) is 25.6. The number of carbonyl (C=O) groups excluding carboxylic acids is 1. The molecule has 2 aromatic rings. The van der Waals surface area contributed by atoms with Crippen molar-refractivity contribution in [2.75, 3.05) is 20.8 Å². The fourth-order valence-corrected chi connectivity index (χ4v) is 6.79. The molecule has 35 heavy (non-hydrogen) atoms. The van der Waals surface area contributed by atoms with Crippen LogP contribution in [-0.4, -0.2) is 47.7 Å². The van der Waals surface area contributed by atoms with Gasteiger partial charge in [0.1, 0.15) is 11.5 Å². The van der Waals surface area contributed by atoms with E-state index >= 15 is 0 Å². The van der Waals surface area contributed by atoms with Crippen LogP contribution < -0.4 is 5.32 Å². The maximum atomic E-state index is 13.9. The summed E-state index contributed by atoms with van der Waals surface area (Å²) >= 11 is 0. The second-order valence-corrected chi connectivity index (χ2v) is 10.6. The van der Waals surface area contributed by atoms with E-state index in [1.807, 2.05) is 51.2 Å². The fraction of sp³-hybridized carbons (Fsp3) is 0.483. The third-order valence-electron chi connectivity index (χ3n) is 8.60. The largest absolute Gasteiger partial charge is 0.508 e. The molecule has 0 aromatic heterocycles. The number of rotatable bonds is 9. The van der Waals surface area contributed by atoms with Crippen molar-refractivity contribution in [2.24, 2.45) is 22.7 Å². The lowest BCUT2D eigenvalue weighted by atomic mass is 9.58. The van der Waals surface area contributed by atoms with Crippen LogP contribution in [0.3, 0.4) is 0 Å². The highest BCUT2D eigenvalue weighted by Crippen LogP contribution is 2.73. The van der Waals surface area contributed by atoms with Gasteiger partial charge in [-0.2, -0.15) is 0 Å². The monoisotopic (exact) mass is 479 g/mol. The Morgan fingerprint density at radius 2 is 1.89 bits per heavy atom. The number of aliphatic hydroxyl groups excluding tert-OH is 1. The molecule has 2 fully saturated rings. The highest BCUT2D eigenvalue weighted by molar-refractivity contribution is 5.89. The van der Waals surface area contributed by atoms with Gasteiger partial charge in [-0.25, -0.2) is 0 Å². The van der Waals surface area contributed by atoms with Crippen LogP contribution in [0.2, 0.25) is 0 Å². The van der Waals surface area contributed by atoms with Gasteiger partial charge in [0.2, 0.25) is 0 Å². The quantitative estimate of drug-likeness (QED) is 0.322. The molecule has 0 radical (unpaired) electrons. The summed E-state index contributed by atoms with van der Waals surface area (Å²) in [7, 11) is 3.30. The maximum absolute atomic E-state index is 13.9. The third kappa shape index (κ3) is 3.75. The number of aliphatic hydroxyl groups is 2. The Bertz CT molecular complexity index is 1140. The standard InChI is InChI=1S/C29H37NO5/c1-18-26-23(17-31)15-28(27(18,2)3,29(26,34)35-5)25(33)10-9-19-7-6-8-21(11-19)22-12-20(16-30-4)13-24(32)14-22/h6-8,11-14,23,26,30-32,34H,1,9-10,15-17H2,2-5H3/t23-,26+,28-,29-/m1/s1. The number of carbonyl (C=O) groups is 1. The lowest BCUT2D eigenvalue weighted by molar-refractivity contribution is -0.253. The van der Waals surface area contributed by atoms with Crippen LogP contribution in [0.5, 0.6) is 5.75 Å². The summed E-state index contributed by atoms with van der Waals surface area (Å²) in [4.78, 5) is 13.9. The van der Waals surface area contributed by atoms with E-state index in [9.17, 15) is 20.1 Å². The first-order valence-electron chi connectivity index (χ1n) is 12.2. The van der Waals surface area contributed by atoms with E-state index in [1.165, 1.54) is 7.11 Å². The molecule has 188 valence electrons. The smallest absolute Gasteiger partial charge is 0.185 e. The summed E-state index contributed by atoms with van der Waals surface area (Å²) in [6, 6.07) is 13.5. The summed E-state index contributed by atoms with van der Waals surface area (Å²) in [5.74, 6) is -2.26. The summed E-state index contributed by atoms with van der Waals surface area (Å²) in [6.07, 6.45) is 1.12. The Balaban J connectivity index is 1.60. The number of Topliss-reactive ketones (excluding diaryl/α,β-unsaturated/α-hetero) is 1. The van der Waals surface area contributed by atoms with Crippen molar-refractivity contribution in [3.05, 3.63) is 65.7 Å². The van der Waals surface area contributed by atoms with Gasteiger partial charge in [-0.1, -0.05) is 50.3 Å². The molecule has 6 heteroatoms. The molecule has 0 aliphatic heterocycles. The highest BCUT2D eigenvalue weighted by atomic mass is 16.6. The van der Waals surface area contributed by atoms with Crippen LogP contribution >= 0.6 is 0 Å². The van der Waals surface area contributed by atoms with Crippen LogP contribution in [0.15, 0.2) is 54.6 Å². The Kier molecular flexibility index (Phi) is 6.70. The number of ketones is 1. The summed E-state index contributed by atoms with van der Waals surface area (Å²) in [5.41, 5.74) is 2.81. The van der Waals surface area contributed by atoms with E-state index in [1.54, 1.807) is 12.1 Å². The summed E-state index contributed by atoms with van der Waals surface area (Å²) < 4.78 is 5.65. The van der Waals surface area contributed by atoms with Crippen LogP contribution in [-0.2, 0) is 22.5 Å². The molecule has 2 saturated carbocycles. The molecule has 0 spiro atoms. The predicted molar refractivity (Wildman–Crippen MR) is 136 cm³/mol. The van der Waals surface area contributed by atoms with Gasteiger partial charge in [0, 0.05) is 38.0 Å². The SMILES string of the molecule is C=C1[C@H]2[C@@H](CO)C[C@@](C(=O)CCc3cccc(-c4cc(O)cc(CNC)c4)c3)(C1(C)C)[C@]2(O)OC.